The molecule has 0 saturated heterocycles. The van der Waals surface area contributed by atoms with Crippen LogP contribution in [0.15, 0.2) is 21.7 Å². The van der Waals surface area contributed by atoms with Crippen LogP contribution in [0.5, 0.6) is 11.5 Å². The van der Waals surface area contributed by atoms with Crippen LogP contribution in [0.3, 0.4) is 0 Å². The normalized spacial score (nSPS) is 10.5. The van der Waals surface area contributed by atoms with Crippen molar-refractivity contribution in [2.24, 2.45) is 0 Å². The van der Waals surface area contributed by atoms with Crippen LogP contribution in [0.2, 0.25) is 0 Å². The summed E-state index contributed by atoms with van der Waals surface area (Å²) in [7, 11) is 1.26. The maximum atomic E-state index is 11.8. The minimum atomic E-state index is -0.646. The number of non-ortho nitro benzene ring substituents is 1. The molecule has 3 N–H and O–H groups in total. The molecule has 2 aromatic rings. The first-order valence-electron chi connectivity index (χ1n) is 6.19. The lowest BCUT2D eigenvalue weighted by molar-refractivity contribution is -0.385. The van der Waals surface area contributed by atoms with Gasteiger partial charge in [0.05, 0.1) is 18.1 Å². The first-order chi connectivity index (χ1) is 10.3. The number of hydrogen-bond acceptors (Lipinski definition) is 6. The van der Waals surface area contributed by atoms with Gasteiger partial charge in [-0.3, -0.25) is 19.9 Å². The zero-order valence-corrected chi connectivity index (χ0v) is 11.8. The number of aryl methyl sites for hydroxylation is 1. The van der Waals surface area contributed by atoms with Gasteiger partial charge in [-0.1, -0.05) is 0 Å². The molecular formula is C13H13N3O6. The van der Waals surface area contributed by atoms with Gasteiger partial charge in [-0.25, -0.2) is 4.79 Å². The molecule has 0 aliphatic heterocycles. The Hall–Kier alpha value is -3.10. The van der Waals surface area contributed by atoms with E-state index in [1.165, 1.54) is 14.0 Å². The van der Waals surface area contributed by atoms with E-state index in [9.17, 15) is 24.8 Å². The van der Waals surface area contributed by atoms with E-state index in [4.69, 9.17) is 4.74 Å². The number of nitro groups is 1. The highest BCUT2D eigenvalue weighted by Crippen LogP contribution is 2.35. The molecule has 0 aliphatic rings. The molecule has 1 aromatic heterocycles. The van der Waals surface area contributed by atoms with Gasteiger partial charge in [-0.2, -0.15) is 0 Å². The van der Waals surface area contributed by atoms with E-state index in [0.29, 0.717) is 5.69 Å². The van der Waals surface area contributed by atoms with Crippen molar-refractivity contribution in [1.29, 1.82) is 0 Å². The van der Waals surface area contributed by atoms with E-state index < -0.39 is 16.2 Å². The van der Waals surface area contributed by atoms with Crippen molar-refractivity contribution in [3.63, 3.8) is 0 Å². The fourth-order valence-electron chi connectivity index (χ4n) is 2.07. The Labute approximate surface area is 123 Å². The monoisotopic (exact) mass is 307 g/mol. The van der Waals surface area contributed by atoms with Crippen molar-refractivity contribution < 1.29 is 14.8 Å². The minimum Gasteiger partial charge on any atom is -0.504 e. The van der Waals surface area contributed by atoms with Crippen LogP contribution in [0.4, 0.5) is 5.69 Å². The molecule has 1 aromatic carbocycles. The number of phenolic OH excluding ortho intramolecular Hbond substituents is 1. The molecule has 1 heterocycles. The van der Waals surface area contributed by atoms with E-state index in [-0.39, 0.29) is 34.7 Å². The third-order valence-electron chi connectivity index (χ3n) is 3.19. The largest absolute Gasteiger partial charge is 0.504 e. The average Bonchev–Trinajstić information content (AvgIpc) is 2.43. The fraction of sp³-hybridized carbons (Fsp3) is 0.231. The zero-order chi connectivity index (χ0) is 16.4. The Bertz CT molecular complexity index is 852. The first kappa shape index (κ1) is 15.3. The molecule has 0 atom stereocenters. The molecule has 0 fully saturated rings. The lowest BCUT2D eigenvalue weighted by Crippen LogP contribution is -2.27. The second-order valence-corrected chi connectivity index (χ2v) is 4.60. The summed E-state index contributed by atoms with van der Waals surface area (Å²) < 4.78 is 4.90. The number of hydrogen-bond donors (Lipinski definition) is 3. The molecule has 2 rings (SSSR count). The summed E-state index contributed by atoms with van der Waals surface area (Å²) in [5, 5.41) is 21.0. The van der Waals surface area contributed by atoms with Gasteiger partial charge in [0.2, 0.25) is 0 Å². The van der Waals surface area contributed by atoms with Crippen LogP contribution in [0.1, 0.15) is 16.8 Å². The Balaban J connectivity index is 2.59. The number of nitrogens with zero attached hydrogens (tertiary/aromatic N) is 1. The van der Waals surface area contributed by atoms with Gasteiger partial charge < -0.3 is 14.8 Å². The molecule has 116 valence electrons. The predicted octanol–water partition coefficient (Wildman–Crippen LogP) is 0.585. The number of nitrogens with one attached hydrogen (secondary N) is 2. The Kier molecular flexibility index (Phi) is 3.97. The van der Waals surface area contributed by atoms with Crippen molar-refractivity contribution in [3.05, 3.63) is 59.9 Å². The summed E-state index contributed by atoms with van der Waals surface area (Å²) in [5.41, 5.74) is -0.885. The lowest BCUT2D eigenvalue weighted by Gasteiger charge is -2.10. The lowest BCUT2D eigenvalue weighted by atomic mass is 10.0. The molecule has 0 amide bonds. The number of aromatic nitrogens is 2. The summed E-state index contributed by atoms with van der Waals surface area (Å²) in [6.45, 7) is 1.53. The van der Waals surface area contributed by atoms with Gasteiger partial charge in [0, 0.05) is 29.3 Å². The van der Waals surface area contributed by atoms with Crippen molar-refractivity contribution in [2.45, 2.75) is 13.3 Å². The molecular weight excluding hydrogens is 294 g/mol. The van der Waals surface area contributed by atoms with Gasteiger partial charge in [0.25, 0.3) is 11.2 Å². The van der Waals surface area contributed by atoms with Crippen molar-refractivity contribution >= 4 is 5.69 Å². The maximum absolute atomic E-state index is 11.8. The molecule has 9 nitrogen and oxygen atoms in total. The van der Waals surface area contributed by atoms with Crippen LogP contribution < -0.4 is 16.0 Å². The number of H-pyrrole nitrogens is 2. The van der Waals surface area contributed by atoms with E-state index >= 15 is 0 Å². The number of aromatic hydroxyl groups is 1. The molecule has 0 aliphatic carbocycles. The summed E-state index contributed by atoms with van der Waals surface area (Å²) in [6, 6.07) is 2.24. The van der Waals surface area contributed by atoms with Crippen LogP contribution in [0.25, 0.3) is 0 Å². The number of benzene rings is 1. The summed E-state index contributed by atoms with van der Waals surface area (Å²) in [5.74, 6) is -0.360. The summed E-state index contributed by atoms with van der Waals surface area (Å²) in [6.07, 6.45) is -0.0954. The van der Waals surface area contributed by atoms with E-state index in [1.54, 1.807) is 0 Å². The molecule has 0 bridgehead atoms. The van der Waals surface area contributed by atoms with Gasteiger partial charge in [-0.05, 0) is 6.92 Å². The smallest absolute Gasteiger partial charge is 0.325 e. The topological polar surface area (TPSA) is 138 Å². The number of methoxy groups -OCH3 is 1. The second kappa shape index (κ2) is 5.72. The van der Waals surface area contributed by atoms with Gasteiger partial charge >= 0.3 is 5.69 Å². The Morgan fingerprint density at radius 3 is 2.55 bits per heavy atom. The van der Waals surface area contributed by atoms with Crippen molar-refractivity contribution in [1.82, 2.24) is 9.97 Å². The van der Waals surface area contributed by atoms with Gasteiger partial charge in [0.1, 0.15) is 0 Å². The predicted molar refractivity (Wildman–Crippen MR) is 76.5 cm³/mol. The minimum absolute atomic E-state index is 0.0669. The Morgan fingerprint density at radius 2 is 2.00 bits per heavy atom. The first-order valence-corrected chi connectivity index (χ1v) is 6.19. The Morgan fingerprint density at radius 1 is 1.32 bits per heavy atom. The van der Waals surface area contributed by atoms with Gasteiger partial charge in [-0.15, -0.1) is 0 Å². The van der Waals surface area contributed by atoms with Crippen LogP contribution in [-0.4, -0.2) is 27.1 Å². The molecule has 22 heavy (non-hydrogen) atoms. The van der Waals surface area contributed by atoms with Crippen LogP contribution in [-0.2, 0) is 6.42 Å². The highest BCUT2D eigenvalue weighted by atomic mass is 16.6. The van der Waals surface area contributed by atoms with Crippen molar-refractivity contribution in [2.75, 3.05) is 7.11 Å². The molecule has 9 heteroatoms. The third kappa shape index (κ3) is 2.82. The second-order valence-electron chi connectivity index (χ2n) is 4.60. The number of phenols is 1. The highest BCUT2D eigenvalue weighted by molar-refractivity contribution is 5.54. The van der Waals surface area contributed by atoms with Crippen molar-refractivity contribution in [3.8, 4) is 11.5 Å². The average molecular weight is 307 g/mol. The fourth-order valence-corrected chi connectivity index (χ4v) is 2.07. The SMILES string of the molecule is COc1cc([N+](=O)[O-])cc(Cc2c(C)[nH]c(=O)[nH]c2=O)c1O. The number of aromatic amines is 2. The zero-order valence-electron chi connectivity index (χ0n) is 11.8. The van der Waals surface area contributed by atoms with E-state index in [0.717, 1.165) is 12.1 Å². The quantitative estimate of drug-likeness (QED) is 0.558. The van der Waals surface area contributed by atoms with E-state index in [1.807, 2.05) is 0 Å². The number of nitro benzene ring substituents is 1. The third-order valence-corrected chi connectivity index (χ3v) is 3.19. The highest BCUT2D eigenvalue weighted by Gasteiger charge is 2.19. The van der Waals surface area contributed by atoms with Gasteiger partial charge in [0.15, 0.2) is 11.5 Å². The summed E-state index contributed by atoms with van der Waals surface area (Å²) >= 11 is 0. The molecule has 0 saturated carbocycles. The van der Waals surface area contributed by atoms with Crippen LogP contribution >= 0.6 is 0 Å². The summed E-state index contributed by atoms with van der Waals surface area (Å²) in [4.78, 5) is 37.8. The van der Waals surface area contributed by atoms with E-state index in [2.05, 4.69) is 9.97 Å². The van der Waals surface area contributed by atoms with Crippen LogP contribution in [0, 0.1) is 17.0 Å². The number of rotatable bonds is 4. The molecule has 0 radical (unpaired) electrons. The maximum Gasteiger partial charge on any atom is 0.325 e. The molecule has 0 spiro atoms. The molecule has 0 unspecified atom stereocenters. The number of ether oxygens (including phenoxy) is 1. The standard InChI is InChI=1S/C13H13N3O6/c1-6-9(12(18)15-13(19)14-6)4-7-3-8(16(20)21)5-10(22-2)11(7)17/h3,5,17H,4H2,1-2H3,(H2,14,15,18,19).